The molecule has 1 fully saturated rings. The van der Waals surface area contributed by atoms with Gasteiger partial charge in [-0.2, -0.15) is 0 Å². The van der Waals surface area contributed by atoms with Gasteiger partial charge in [-0.25, -0.2) is 0 Å². The number of rotatable bonds is 11. The topological polar surface area (TPSA) is 24.5 Å². The molecule has 1 aliphatic rings. The fourth-order valence-corrected chi connectivity index (χ4v) is 3.39. The van der Waals surface area contributed by atoms with Crippen molar-refractivity contribution in [3.8, 4) is 0 Å². The molecule has 1 rings (SSSR count). The van der Waals surface area contributed by atoms with E-state index in [0.29, 0.717) is 0 Å². The van der Waals surface area contributed by atoms with Crippen LogP contribution < -0.4 is 5.32 Å². The Morgan fingerprint density at radius 3 is 2.40 bits per heavy atom. The Kier molecular flexibility index (Phi) is 10.3. The van der Waals surface area contributed by atoms with Crippen LogP contribution in [-0.4, -0.2) is 50.3 Å². The van der Waals surface area contributed by atoms with Gasteiger partial charge >= 0.3 is 0 Å². The van der Waals surface area contributed by atoms with Crippen LogP contribution in [0, 0.1) is 0 Å². The lowest BCUT2D eigenvalue weighted by Crippen LogP contribution is -2.39. The zero-order chi connectivity index (χ0) is 14.6. The van der Waals surface area contributed by atoms with Crippen LogP contribution in [0.3, 0.4) is 0 Å². The van der Waals surface area contributed by atoms with Gasteiger partial charge in [0.05, 0.1) is 6.61 Å². The highest BCUT2D eigenvalue weighted by atomic mass is 16.5. The molecule has 0 radical (unpaired) electrons. The van der Waals surface area contributed by atoms with E-state index < -0.39 is 0 Å². The number of ether oxygens (including phenoxy) is 1. The quantitative estimate of drug-likeness (QED) is 0.588. The highest BCUT2D eigenvalue weighted by molar-refractivity contribution is 4.73. The van der Waals surface area contributed by atoms with Gasteiger partial charge in [0.25, 0.3) is 0 Å². The van der Waals surface area contributed by atoms with Crippen molar-refractivity contribution in [2.75, 3.05) is 33.4 Å². The van der Waals surface area contributed by atoms with Gasteiger partial charge in [0.2, 0.25) is 0 Å². The largest absolute Gasteiger partial charge is 0.383 e. The van der Waals surface area contributed by atoms with Crippen LogP contribution in [0.15, 0.2) is 0 Å². The molecule has 20 heavy (non-hydrogen) atoms. The minimum atomic E-state index is 0.722. The zero-order valence-corrected chi connectivity index (χ0v) is 14.0. The summed E-state index contributed by atoms with van der Waals surface area (Å²) in [6.07, 6.45) is 10.8. The molecule has 0 amide bonds. The van der Waals surface area contributed by atoms with E-state index in [1.54, 1.807) is 7.11 Å². The van der Waals surface area contributed by atoms with E-state index in [9.17, 15) is 0 Å². The van der Waals surface area contributed by atoms with Gasteiger partial charge in [-0.3, -0.25) is 4.90 Å². The molecule has 0 aromatic carbocycles. The first-order valence-electron chi connectivity index (χ1n) is 8.78. The molecular formula is C17H36N2O. The predicted molar refractivity (Wildman–Crippen MR) is 87.3 cm³/mol. The lowest BCUT2D eigenvalue weighted by Gasteiger charge is -2.30. The maximum Gasteiger partial charge on any atom is 0.0589 e. The van der Waals surface area contributed by atoms with E-state index in [2.05, 4.69) is 24.1 Å². The van der Waals surface area contributed by atoms with E-state index in [1.165, 1.54) is 64.5 Å². The molecule has 1 saturated carbocycles. The van der Waals surface area contributed by atoms with Crippen molar-refractivity contribution in [2.45, 2.75) is 77.3 Å². The average molecular weight is 284 g/mol. The van der Waals surface area contributed by atoms with Crippen molar-refractivity contribution in [1.29, 1.82) is 0 Å². The minimum Gasteiger partial charge on any atom is -0.383 e. The number of hydrogen-bond acceptors (Lipinski definition) is 3. The van der Waals surface area contributed by atoms with Crippen LogP contribution in [0.1, 0.15) is 65.2 Å². The van der Waals surface area contributed by atoms with Gasteiger partial charge in [-0.1, -0.05) is 33.1 Å². The second kappa shape index (κ2) is 11.5. The molecule has 3 heteroatoms. The Hall–Kier alpha value is -0.120. The Balaban J connectivity index is 2.19. The number of hydrogen-bond donors (Lipinski definition) is 1. The molecule has 0 heterocycles. The monoisotopic (exact) mass is 284 g/mol. The molecule has 1 N–H and O–H groups in total. The van der Waals surface area contributed by atoms with Gasteiger partial charge in [0, 0.05) is 25.7 Å². The number of nitrogens with one attached hydrogen (secondary N) is 1. The summed E-state index contributed by atoms with van der Waals surface area (Å²) in [5, 5.41) is 3.75. The molecule has 0 unspecified atom stereocenters. The first-order chi connectivity index (χ1) is 9.81. The summed E-state index contributed by atoms with van der Waals surface area (Å²) in [7, 11) is 1.80. The molecule has 0 aliphatic heterocycles. The summed E-state index contributed by atoms with van der Waals surface area (Å²) in [6.45, 7) is 8.91. The molecule has 0 aromatic rings. The third-order valence-electron chi connectivity index (χ3n) is 4.70. The third-order valence-corrected chi connectivity index (χ3v) is 4.70. The minimum absolute atomic E-state index is 0.722. The predicted octanol–water partition coefficient (Wildman–Crippen LogP) is 3.44. The Morgan fingerprint density at radius 1 is 1.10 bits per heavy atom. The van der Waals surface area contributed by atoms with Crippen molar-refractivity contribution in [3.63, 3.8) is 0 Å². The van der Waals surface area contributed by atoms with Crippen LogP contribution in [-0.2, 0) is 4.74 Å². The summed E-state index contributed by atoms with van der Waals surface area (Å²) in [4.78, 5) is 2.62. The van der Waals surface area contributed by atoms with Gasteiger partial charge in [-0.05, 0) is 45.2 Å². The fourth-order valence-electron chi connectivity index (χ4n) is 3.39. The van der Waals surface area contributed by atoms with Crippen molar-refractivity contribution >= 4 is 0 Å². The van der Waals surface area contributed by atoms with E-state index in [0.717, 1.165) is 25.2 Å². The van der Waals surface area contributed by atoms with Gasteiger partial charge in [-0.15, -0.1) is 0 Å². The summed E-state index contributed by atoms with van der Waals surface area (Å²) in [5.74, 6) is 0. The first-order valence-corrected chi connectivity index (χ1v) is 8.78. The second-order valence-corrected chi connectivity index (χ2v) is 6.14. The van der Waals surface area contributed by atoms with E-state index in [-0.39, 0.29) is 0 Å². The molecule has 0 atom stereocenters. The highest BCUT2D eigenvalue weighted by Gasteiger charge is 2.15. The summed E-state index contributed by atoms with van der Waals surface area (Å²) in [5.41, 5.74) is 0. The third kappa shape index (κ3) is 7.05. The highest BCUT2D eigenvalue weighted by Crippen LogP contribution is 2.17. The van der Waals surface area contributed by atoms with Crippen molar-refractivity contribution < 1.29 is 4.74 Å². The van der Waals surface area contributed by atoms with Crippen molar-refractivity contribution in [2.24, 2.45) is 0 Å². The van der Waals surface area contributed by atoms with Crippen LogP contribution in [0.2, 0.25) is 0 Å². The second-order valence-electron chi connectivity index (χ2n) is 6.14. The van der Waals surface area contributed by atoms with Crippen LogP contribution in [0.4, 0.5) is 0 Å². The maximum atomic E-state index is 5.26. The molecule has 3 nitrogen and oxygen atoms in total. The molecule has 0 saturated heterocycles. The maximum absolute atomic E-state index is 5.26. The number of nitrogens with zero attached hydrogens (tertiary/aromatic N) is 1. The molecule has 0 bridgehead atoms. The van der Waals surface area contributed by atoms with E-state index >= 15 is 0 Å². The Bertz CT molecular complexity index is 213. The van der Waals surface area contributed by atoms with Crippen LogP contribution in [0.5, 0.6) is 0 Å². The molecule has 0 spiro atoms. The average Bonchev–Trinajstić information content (AvgIpc) is 2.50. The van der Waals surface area contributed by atoms with Gasteiger partial charge < -0.3 is 10.1 Å². The Morgan fingerprint density at radius 2 is 1.80 bits per heavy atom. The van der Waals surface area contributed by atoms with Crippen LogP contribution in [0.25, 0.3) is 0 Å². The van der Waals surface area contributed by atoms with E-state index in [1.807, 2.05) is 0 Å². The normalized spacial score (nSPS) is 17.2. The lowest BCUT2D eigenvalue weighted by atomic mass is 9.95. The smallest absolute Gasteiger partial charge is 0.0589 e. The van der Waals surface area contributed by atoms with Crippen molar-refractivity contribution in [3.05, 3.63) is 0 Å². The van der Waals surface area contributed by atoms with E-state index in [4.69, 9.17) is 4.74 Å². The lowest BCUT2D eigenvalue weighted by molar-refractivity contribution is 0.114. The molecular weight excluding hydrogens is 248 g/mol. The number of methoxy groups -OCH3 is 1. The fraction of sp³-hybridized carbons (Fsp3) is 1.00. The van der Waals surface area contributed by atoms with Crippen molar-refractivity contribution in [1.82, 2.24) is 10.2 Å². The summed E-state index contributed by atoms with van der Waals surface area (Å²) in [6, 6.07) is 1.52. The Labute approximate surface area is 126 Å². The SMILES string of the molecule is CCC(CC)N(CCCNC1CCCCC1)CCOC. The first kappa shape index (κ1) is 17.9. The van der Waals surface area contributed by atoms with Gasteiger partial charge in [0.15, 0.2) is 0 Å². The van der Waals surface area contributed by atoms with Crippen LogP contribution >= 0.6 is 0 Å². The molecule has 120 valence electrons. The zero-order valence-electron chi connectivity index (χ0n) is 14.0. The standard InChI is InChI=1S/C17H36N2O/c1-4-17(5-2)19(14-15-20-3)13-9-12-18-16-10-7-6-8-11-16/h16-18H,4-15H2,1-3H3. The summed E-state index contributed by atoms with van der Waals surface area (Å²) >= 11 is 0. The molecule has 0 aromatic heterocycles. The van der Waals surface area contributed by atoms with Gasteiger partial charge in [0.1, 0.15) is 0 Å². The molecule has 1 aliphatic carbocycles. The summed E-state index contributed by atoms with van der Waals surface area (Å²) < 4.78 is 5.26.